The summed E-state index contributed by atoms with van der Waals surface area (Å²) >= 11 is 0. The number of nitrogens with zero attached hydrogens (tertiary/aromatic N) is 1. The van der Waals surface area contributed by atoms with Gasteiger partial charge in [0, 0.05) is 23.3 Å². The van der Waals surface area contributed by atoms with Gasteiger partial charge in [0.15, 0.2) is 0 Å². The maximum atomic E-state index is 2.59. The fourth-order valence-electron chi connectivity index (χ4n) is 4.81. The molecule has 2 unspecified atom stereocenters. The summed E-state index contributed by atoms with van der Waals surface area (Å²) in [6.07, 6.45) is 8.34. The summed E-state index contributed by atoms with van der Waals surface area (Å²) in [5.74, 6) is 0.706. The Morgan fingerprint density at radius 1 is 0.815 bits per heavy atom. The van der Waals surface area contributed by atoms with Crippen LogP contribution in [0.25, 0.3) is 12.2 Å². The largest absolute Gasteiger partial charge is 0.338 e. The van der Waals surface area contributed by atoms with Gasteiger partial charge in [-0.05, 0) is 54.7 Å². The number of aryl methyl sites for hydroxylation is 1. The van der Waals surface area contributed by atoms with Gasteiger partial charge < -0.3 is 4.90 Å². The smallest absolute Gasteiger partial charge is 0.0449 e. The minimum Gasteiger partial charge on any atom is -0.338 e. The van der Waals surface area contributed by atoms with Crippen molar-refractivity contribution >= 4 is 23.5 Å². The number of fused-ring (bicyclic) bond motifs is 3. The first-order valence-corrected chi connectivity index (χ1v) is 10.0. The van der Waals surface area contributed by atoms with Crippen molar-refractivity contribution < 1.29 is 0 Å². The van der Waals surface area contributed by atoms with Crippen molar-refractivity contribution in [1.29, 1.82) is 0 Å². The molecule has 0 aromatic heterocycles. The molecule has 1 fully saturated rings. The molecule has 2 aliphatic rings. The van der Waals surface area contributed by atoms with Gasteiger partial charge in [-0.2, -0.15) is 0 Å². The lowest BCUT2D eigenvalue weighted by Crippen LogP contribution is -2.26. The summed E-state index contributed by atoms with van der Waals surface area (Å²) < 4.78 is 0. The molecule has 0 spiro atoms. The van der Waals surface area contributed by atoms with Crippen molar-refractivity contribution in [2.75, 3.05) is 4.90 Å². The molecule has 2 atom stereocenters. The highest BCUT2D eigenvalue weighted by molar-refractivity contribution is 5.75. The molecule has 1 aliphatic heterocycles. The van der Waals surface area contributed by atoms with Crippen molar-refractivity contribution in [2.45, 2.75) is 38.1 Å². The average Bonchev–Trinajstić information content (AvgIpc) is 3.29. The first-order chi connectivity index (χ1) is 13.3. The highest BCUT2D eigenvalue weighted by Crippen LogP contribution is 2.52. The minimum absolute atomic E-state index is 0.632. The van der Waals surface area contributed by atoms with Crippen LogP contribution < -0.4 is 4.90 Å². The maximum Gasteiger partial charge on any atom is 0.0449 e. The zero-order valence-electron chi connectivity index (χ0n) is 15.8. The average molecular weight is 351 g/mol. The van der Waals surface area contributed by atoms with E-state index in [0.717, 1.165) is 0 Å². The molecule has 5 rings (SSSR count). The molecular formula is C26H25N. The van der Waals surface area contributed by atoms with E-state index in [2.05, 4.69) is 96.8 Å². The molecule has 0 saturated heterocycles. The van der Waals surface area contributed by atoms with E-state index in [1.807, 2.05) is 0 Å². The van der Waals surface area contributed by atoms with Crippen LogP contribution in [-0.2, 0) is 0 Å². The number of anilines is 2. The molecule has 1 saturated carbocycles. The summed E-state index contributed by atoms with van der Waals surface area (Å²) in [6.45, 7) is 2.21. The third-order valence-electron chi connectivity index (χ3n) is 6.09. The molecule has 27 heavy (non-hydrogen) atoms. The van der Waals surface area contributed by atoms with Gasteiger partial charge in [0.25, 0.3) is 0 Å². The quantitative estimate of drug-likeness (QED) is 0.461. The first-order valence-electron chi connectivity index (χ1n) is 10.0. The Labute approximate surface area is 162 Å². The van der Waals surface area contributed by atoms with Gasteiger partial charge in [-0.25, -0.2) is 0 Å². The molecule has 0 bridgehead atoms. The van der Waals surface area contributed by atoms with Gasteiger partial charge in [0.1, 0.15) is 0 Å². The maximum absolute atomic E-state index is 2.59. The molecule has 134 valence electrons. The Morgan fingerprint density at radius 2 is 1.56 bits per heavy atom. The van der Waals surface area contributed by atoms with Crippen LogP contribution in [0.15, 0.2) is 72.8 Å². The summed E-state index contributed by atoms with van der Waals surface area (Å²) in [5, 5.41) is 0. The zero-order chi connectivity index (χ0) is 18.2. The van der Waals surface area contributed by atoms with Crippen LogP contribution in [0.2, 0.25) is 0 Å². The van der Waals surface area contributed by atoms with Crippen molar-refractivity contribution in [3.63, 3.8) is 0 Å². The monoisotopic (exact) mass is 351 g/mol. The van der Waals surface area contributed by atoms with E-state index in [9.17, 15) is 0 Å². The normalized spacial score (nSPS) is 20.9. The number of hydrogen-bond acceptors (Lipinski definition) is 1. The van der Waals surface area contributed by atoms with Crippen LogP contribution in [0.5, 0.6) is 0 Å². The van der Waals surface area contributed by atoms with Gasteiger partial charge in [-0.15, -0.1) is 0 Å². The summed E-state index contributed by atoms with van der Waals surface area (Å²) in [5.41, 5.74) is 8.16. The predicted molar refractivity (Wildman–Crippen MR) is 116 cm³/mol. The molecule has 1 heteroatoms. The second kappa shape index (κ2) is 6.74. The van der Waals surface area contributed by atoms with Crippen molar-refractivity contribution in [2.24, 2.45) is 0 Å². The van der Waals surface area contributed by atoms with Crippen LogP contribution in [0.3, 0.4) is 0 Å². The highest BCUT2D eigenvalue weighted by Gasteiger charge is 2.41. The summed E-state index contributed by atoms with van der Waals surface area (Å²) in [7, 11) is 0. The Balaban J connectivity index is 1.44. The first kappa shape index (κ1) is 16.4. The fourth-order valence-corrected chi connectivity index (χ4v) is 4.81. The third kappa shape index (κ3) is 2.98. The SMILES string of the molecule is Cc1ccc2c(c1)C1CCCC1N2c1ccc(/C=C/c2ccccc2)cc1. The van der Waals surface area contributed by atoms with Crippen LogP contribution >= 0.6 is 0 Å². The molecule has 1 heterocycles. The van der Waals surface area contributed by atoms with Crippen molar-refractivity contribution in [3.05, 3.63) is 95.1 Å². The van der Waals surface area contributed by atoms with E-state index in [1.54, 1.807) is 5.56 Å². The van der Waals surface area contributed by atoms with Gasteiger partial charge in [0.2, 0.25) is 0 Å². The van der Waals surface area contributed by atoms with Gasteiger partial charge >= 0.3 is 0 Å². The van der Waals surface area contributed by atoms with Crippen molar-refractivity contribution in [3.8, 4) is 0 Å². The van der Waals surface area contributed by atoms with E-state index in [4.69, 9.17) is 0 Å². The van der Waals surface area contributed by atoms with E-state index in [1.165, 1.54) is 47.3 Å². The van der Waals surface area contributed by atoms with E-state index >= 15 is 0 Å². The molecule has 3 aromatic carbocycles. The highest BCUT2D eigenvalue weighted by atomic mass is 15.2. The van der Waals surface area contributed by atoms with E-state index < -0.39 is 0 Å². The van der Waals surface area contributed by atoms with Gasteiger partial charge in [-0.1, -0.05) is 78.7 Å². The Morgan fingerprint density at radius 3 is 2.33 bits per heavy atom. The number of rotatable bonds is 3. The topological polar surface area (TPSA) is 3.24 Å². The Hall–Kier alpha value is -2.80. The molecule has 1 aliphatic carbocycles. The fraction of sp³-hybridized carbons (Fsp3) is 0.231. The van der Waals surface area contributed by atoms with Gasteiger partial charge in [0.05, 0.1) is 0 Å². The van der Waals surface area contributed by atoms with Crippen LogP contribution in [0.4, 0.5) is 11.4 Å². The molecule has 0 amide bonds. The zero-order valence-corrected chi connectivity index (χ0v) is 15.8. The third-order valence-corrected chi connectivity index (χ3v) is 6.09. The number of hydrogen-bond donors (Lipinski definition) is 0. The van der Waals surface area contributed by atoms with Crippen LogP contribution in [0.1, 0.15) is 47.4 Å². The summed E-state index contributed by atoms with van der Waals surface area (Å²) in [4.78, 5) is 2.59. The Bertz CT molecular complexity index is 969. The lowest BCUT2D eigenvalue weighted by molar-refractivity contribution is 0.641. The van der Waals surface area contributed by atoms with Crippen LogP contribution in [0, 0.1) is 6.92 Å². The lowest BCUT2D eigenvalue weighted by Gasteiger charge is -2.27. The van der Waals surface area contributed by atoms with Crippen LogP contribution in [-0.4, -0.2) is 6.04 Å². The number of benzene rings is 3. The van der Waals surface area contributed by atoms with Gasteiger partial charge in [-0.3, -0.25) is 0 Å². The molecule has 0 radical (unpaired) electrons. The van der Waals surface area contributed by atoms with Crippen molar-refractivity contribution in [1.82, 2.24) is 0 Å². The van der Waals surface area contributed by atoms with E-state index in [0.29, 0.717) is 12.0 Å². The van der Waals surface area contributed by atoms with E-state index in [-0.39, 0.29) is 0 Å². The standard InChI is InChI=1S/C26H25N/c1-19-10-17-26-24(18-19)23-8-5-9-25(23)27(26)22-15-13-21(14-16-22)12-11-20-6-3-2-4-7-20/h2-4,6-7,10-18,23,25H,5,8-9H2,1H3/b12-11+. The minimum atomic E-state index is 0.632. The Kier molecular flexibility index (Phi) is 4.09. The second-order valence-corrected chi connectivity index (χ2v) is 7.87. The summed E-state index contributed by atoms with van der Waals surface area (Å²) in [6, 6.07) is 27.2. The molecular weight excluding hydrogens is 326 g/mol. The molecule has 1 nitrogen and oxygen atoms in total. The lowest BCUT2D eigenvalue weighted by atomic mass is 9.96. The predicted octanol–water partition coefficient (Wildman–Crippen LogP) is 6.95. The molecule has 0 N–H and O–H groups in total. The molecule has 3 aromatic rings. The second-order valence-electron chi connectivity index (χ2n) is 7.87.